The van der Waals surface area contributed by atoms with Gasteiger partial charge >= 0.3 is 6.18 Å². The molecule has 2 N–H and O–H groups in total. The van der Waals surface area contributed by atoms with Gasteiger partial charge in [-0.15, -0.1) is 0 Å². The van der Waals surface area contributed by atoms with Crippen molar-refractivity contribution in [3.05, 3.63) is 82.4 Å². The van der Waals surface area contributed by atoms with Gasteiger partial charge in [0.2, 0.25) is 0 Å². The molecule has 0 aliphatic rings. The van der Waals surface area contributed by atoms with Gasteiger partial charge in [-0.2, -0.15) is 13.2 Å². The Morgan fingerprint density at radius 2 is 1.87 bits per heavy atom. The van der Waals surface area contributed by atoms with Gasteiger partial charge in [-0.05, 0) is 36.8 Å². The number of nitrogen functional groups attached to an aromatic ring is 1. The van der Waals surface area contributed by atoms with Crippen LogP contribution in [0.25, 0.3) is 22.0 Å². The number of anilines is 1. The molecule has 0 radical (unpaired) electrons. The van der Waals surface area contributed by atoms with Crippen LogP contribution in [0.3, 0.4) is 0 Å². The largest absolute Gasteiger partial charge is 0.417 e. The fourth-order valence-electron chi connectivity index (χ4n) is 3.46. The van der Waals surface area contributed by atoms with Gasteiger partial charge in [0.05, 0.1) is 27.9 Å². The lowest BCUT2D eigenvalue weighted by Gasteiger charge is -2.14. The Labute approximate surface area is 178 Å². The second-order valence-electron chi connectivity index (χ2n) is 6.99. The van der Waals surface area contributed by atoms with Gasteiger partial charge in [-0.1, -0.05) is 29.8 Å². The van der Waals surface area contributed by atoms with Crippen LogP contribution in [-0.4, -0.2) is 15.5 Å². The summed E-state index contributed by atoms with van der Waals surface area (Å²) in [6.07, 6.45) is -2.28. The van der Waals surface area contributed by atoms with Gasteiger partial charge in [0.15, 0.2) is 0 Å². The van der Waals surface area contributed by atoms with Crippen molar-refractivity contribution < 1.29 is 22.4 Å². The molecule has 158 valence electrons. The number of aromatic nitrogens is 2. The van der Waals surface area contributed by atoms with E-state index < -0.39 is 29.0 Å². The van der Waals surface area contributed by atoms with Gasteiger partial charge in [0.25, 0.3) is 5.91 Å². The molecule has 4 aromatic rings. The van der Waals surface area contributed by atoms with E-state index in [1.54, 1.807) is 13.0 Å². The Bertz CT molecular complexity index is 1340. The number of halogens is 5. The number of pyridine rings is 1. The van der Waals surface area contributed by atoms with Crippen molar-refractivity contribution in [2.45, 2.75) is 13.1 Å². The van der Waals surface area contributed by atoms with Gasteiger partial charge in [-0.3, -0.25) is 9.36 Å². The maximum Gasteiger partial charge on any atom is 0.417 e. The molecule has 4 rings (SSSR count). The lowest BCUT2D eigenvalue weighted by Crippen LogP contribution is -2.18. The van der Waals surface area contributed by atoms with E-state index in [2.05, 4.69) is 4.98 Å². The number of fused-ring (bicyclic) bond motifs is 1. The third kappa shape index (κ3) is 3.63. The predicted octanol–water partition coefficient (Wildman–Crippen LogP) is 6.09. The molecular formula is C22H14ClF4N3O. The monoisotopic (exact) mass is 447 g/mol. The summed E-state index contributed by atoms with van der Waals surface area (Å²) in [5.41, 5.74) is 5.20. The lowest BCUT2D eigenvalue weighted by molar-refractivity contribution is -0.137. The van der Waals surface area contributed by atoms with E-state index in [4.69, 9.17) is 17.3 Å². The lowest BCUT2D eigenvalue weighted by atomic mass is 10.0. The summed E-state index contributed by atoms with van der Waals surface area (Å²) in [6, 6.07) is 9.07. The van der Waals surface area contributed by atoms with Crippen LogP contribution in [0.2, 0.25) is 5.02 Å². The molecule has 9 heteroatoms. The smallest absolute Gasteiger partial charge is 0.384 e. The first kappa shape index (κ1) is 20.9. The van der Waals surface area contributed by atoms with Crippen LogP contribution in [0.4, 0.5) is 23.4 Å². The number of aryl methyl sites for hydroxylation is 1. The van der Waals surface area contributed by atoms with Crippen molar-refractivity contribution in [3.63, 3.8) is 0 Å². The number of nitrogens with two attached hydrogens (primary N) is 1. The Hall–Kier alpha value is -3.39. The van der Waals surface area contributed by atoms with Crippen LogP contribution in [0.15, 0.2) is 54.9 Å². The summed E-state index contributed by atoms with van der Waals surface area (Å²) in [6.45, 7) is 1.72. The first-order chi connectivity index (χ1) is 14.6. The van der Waals surface area contributed by atoms with Crippen molar-refractivity contribution in [3.8, 4) is 11.1 Å². The first-order valence-corrected chi connectivity index (χ1v) is 9.39. The first-order valence-electron chi connectivity index (χ1n) is 9.01. The van der Waals surface area contributed by atoms with E-state index in [9.17, 15) is 22.4 Å². The summed E-state index contributed by atoms with van der Waals surface area (Å²) in [7, 11) is 0. The van der Waals surface area contributed by atoms with Crippen molar-refractivity contribution in [1.82, 2.24) is 9.55 Å². The van der Waals surface area contributed by atoms with E-state index in [-0.39, 0.29) is 27.5 Å². The molecule has 0 bridgehead atoms. The molecule has 2 aromatic carbocycles. The molecule has 2 aromatic heterocycles. The van der Waals surface area contributed by atoms with Crippen LogP contribution >= 0.6 is 11.6 Å². The molecule has 0 aliphatic carbocycles. The molecule has 0 unspecified atom stereocenters. The molecule has 0 atom stereocenters. The summed E-state index contributed by atoms with van der Waals surface area (Å²) in [4.78, 5) is 17.2. The van der Waals surface area contributed by atoms with Crippen LogP contribution in [0, 0.1) is 12.7 Å². The SMILES string of the molecule is Cc1ccc(-c2cn(C(=O)c3c(Cl)cccc3C(F)(F)F)c3cnc(N)cc23)c(F)c1. The number of carbonyl (C=O) groups is 1. The fraction of sp³-hybridized carbons (Fsp3) is 0.0909. The van der Waals surface area contributed by atoms with Crippen LogP contribution in [0.1, 0.15) is 21.5 Å². The Morgan fingerprint density at radius 3 is 2.55 bits per heavy atom. The topological polar surface area (TPSA) is 60.9 Å². The average molecular weight is 448 g/mol. The highest BCUT2D eigenvalue weighted by atomic mass is 35.5. The van der Waals surface area contributed by atoms with Gasteiger partial charge in [-0.25, -0.2) is 9.37 Å². The molecule has 0 spiro atoms. The van der Waals surface area contributed by atoms with E-state index in [1.807, 2.05) is 0 Å². The van der Waals surface area contributed by atoms with E-state index in [0.717, 1.165) is 16.7 Å². The zero-order chi connectivity index (χ0) is 22.5. The molecule has 0 saturated heterocycles. The van der Waals surface area contributed by atoms with Crippen LogP contribution in [0.5, 0.6) is 0 Å². The number of benzene rings is 2. The predicted molar refractivity (Wildman–Crippen MR) is 110 cm³/mol. The van der Waals surface area contributed by atoms with E-state index in [0.29, 0.717) is 10.9 Å². The number of rotatable bonds is 2. The summed E-state index contributed by atoms with van der Waals surface area (Å²) < 4.78 is 56.3. The quantitative estimate of drug-likeness (QED) is 0.378. The minimum Gasteiger partial charge on any atom is -0.384 e. The van der Waals surface area contributed by atoms with Crippen molar-refractivity contribution >= 4 is 34.2 Å². The Morgan fingerprint density at radius 1 is 1.13 bits per heavy atom. The second kappa shape index (κ2) is 7.39. The summed E-state index contributed by atoms with van der Waals surface area (Å²) >= 11 is 5.99. The molecular weight excluding hydrogens is 434 g/mol. The van der Waals surface area contributed by atoms with Gasteiger partial charge < -0.3 is 5.73 Å². The number of hydrogen-bond acceptors (Lipinski definition) is 3. The number of nitrogens with zero attached hydrogens (tertiary/aromatic N) is 2. The summed E-state index contributed by atoms with van der Waals surface area (Å²) in [5.74, 6) is -1.45. The second-order valence-corrected chi connectivity index (χ2v) is 7.39. The van der Waals surface area contributed by atoms with Gasteiger partial charge in [0, 0.05) is 22.7 Å². The highest BCUT2D eigenvalue weighted by molar-refractivity contribution is 6.34. The van der Waals surface area contributed by atoms with Crippen molar-refractivity contribution in [2.75, 3.05) is 5.73 Å². The van der Waals surface area contributed by atoms with Crippen LogP contribution in [-0.2, 0) is 6.18 Å². The number of hydrogen-bond donors (Lipinski definition) is 1. The standard InChI is InChI=1S/C22H14ClF4N3O/c1-11-5-6-12(17(24)7-11)14-10-30(18-9-29-19(28)8-13(14)18)21(31)20-15(22(25,26)27)3-2-4-16(20)23/h2-10H,1H3,(H2,28,29). The van der Waals surface area contributed by atoms with E-state index >= 15 is 0 Å². The highest BCUT2D eigenvalue weighted by Gasteiger charge is 2.37. The maximum absolute atomic E-state index is 14.7. The molecule has 2 heterocycles. The highest BCUT2D eigenvalue weighted by Crippen LogP contribution is 2.38. The number of carbonyl (C=O) groups excluding carboxylic acids is 1. The van der Waals surface area contributed by atoms with Crippen molar-refractivity contribution in [1.29, 1.82) is 0 Å². The van der Waals surface area contributed by atoms with Crippen LogP contribution < -0.4 is 5.73 Å². The molecule has 0 saturated carbocycles. The fourth-order valence-corrected chi connectivity index (χ4v) is 3.71. The molecule has 0 fully saturated rings. The normalized spacial score (nSPS) is 11.8. The Kier molecular flexibility index (Phi) is 4.97. The van der Waals surface area contributed by atoms with Crippen molar-refractivity contribution in [2.24, 2.45) is 0 Å². The maximum atomic E-state index is 14.7. The third-order valence-electron chi connectivity index (χ3n) is 4.88. The minimum absolute atomic E-state index is 0.111. The summed E-state index contributed by atoms with van der Waals surface area (Å²) in [5, 5.41) is 0.0114. The van der Waals surface area contributed by atoms with Gasteiger partial charge in [0.1, 0.15) is 11.6 Å². The minimum atomic E-state index is -4.80. The van der Waals surface area contributed by atoms with E-state index in [1.165, 1.54) is 36.7 Å². The number of alkyl halides is 3. The zero-order valence-electron chi connectivity index (χ0n) is 16.0. The Balaban J connectivity index is 2.00. The third-order valence-corrected chi connectivity index (χ3v) is 5.19. The molecule has 31 heavy (non-hydrogen) atoms. The molecule has 0 aliphatic heterocycles. The zero-order valence-corrected chi connectivity index (χ0v) is 16.7. The molecule has 0 amide bonds. The average Bonchev–Trinajstić information content (AvgIpc) is 3.05. The molecule has 4 nitrogen and oxygen atoms in total.